The van der Waals surface area contributed by atoms with Gasteiger partial charge in [0.25, 0.3) is 0 Å². The average molecular weight is 265 g/mol. The predicted octanol–water partition coefficient (Wildman–Crippen LogP) is 1.93. The van der Waals surface area contributed by atoms with Gasteiger partial charge in [0.15, 0.2) is 0 Å². The second-order valence-corrected chi connectivity index (χ2v) is 5.08. The third-order valence-electron chi connectivity index (χ3n) is 3.34. The molecule has 3 N–H and O–H groups in total. The minimum Gasteiger partial charge on any atom is -0.481 e. The number of carboxylic acid groups (broad SMARTS) is 1. The van der Waals surface area contributed by atoms with Crippen LogP contribution in [0.25, 0.3) is 0 Å². The van der Waals surface area contributed by atoms with Crippen LogP contribution in [0.4, 0.5) is 0 Å². The largest absolute Gasteiger partial charge is 0.481 e. The fraction of sp³-hybridized carbons (Fsp3) is 0.533. The number of aliphatic carboxylic acids is 1. The van der Waals surface area contributed by atoms with Gasteiger partial charge in [-0.3, -0.25) is 4.79 Å². The molecule has 0 spiro atoms. The maximum atomic E-state index is 10.4. The van der Waals surface area contributed by atoms with Gasteiger partial charge in [-0.15, -0.1) is 0 Å². The third kappa shape index (κ3) is 5.41. The molecule has 1 atom stereocenters. The van der Waals surface area contributed by atoms with Gasteiger partial charge in [-0.1, -0.05) is 12.1 Å². The van der Waals surface area contributed by atoms with Crippen molar-refractivity contribution in [1.29, 1.82) is 0 Å². The summed E-state index contributed by atoms with van der Waals surface area (Å²) in [5, 5.41) is 21.3. The van der Waals surface area contributed by atoms with E-state index in [0.717, 1.165) is 0 Å². The van der Waals surface area contributed by atoms with E-state index in [2.05, 4.69) is 38.2 Å². The fourth-order valence-electron chi connectivity index (χ4n) is 1.98. The van der Waals surface area contributed by atoms with E-state index in [-0.39, 0.29) is 12.8 Å². The summed E-state index contributed by atoms with van der Waals surface area (Å²) < 4.78 is 0. The van der Waals surface area contributed by atoms with E-state index in [4.69, 9.17) is 5.11 Å². The molecule has 0 amide bonds. The number of aliphatic hydroxyl groups excluding tert-OH is 1. The van der Waals surface area contributed by atoms with Crippen LogP contribution < -0.4 is 5.32 Å². The van der Waals surface area contributed by atoms with Crippen molar-refractivity contribution in [1.82, 2.24) is 5.32 Å². The molecule has 0 bridgehead atoms. The van der Waals surface area contributed by atoms with Gasteiger partial charge in [0, 0.05) is 19.5 Å². The Bertz CT molecular complexity index is 443. The summed E-state index contributed by atoms with van der Waals surface area (Å²) in [5.74, 6) is -0.871. The summed E-state index contributed by atoms with van der Waals surface area (Å²) in [4.78, 5) is 10.4. The number of hydrogen-bond acceptors (Lipinski definition) is 3. The molecule has 0 heterocycles. The van der Waals surface area contributed by atoms with E-state index in [0.29, 0.717) is 13.1 Å². The van der Waals surface area contributed by atoms with Crippen molar-refractivity contribution in [2.75, 3.05) is 6.54 Å². The summed E-state index contributed by atoms with van der Waals surface area (Å²) in [5.41, 5.74) is 4.99. The molecular formula is C15H23NO3. The second-order valence-electron chi connectivity index (χ2n) is 5.08. The zero-order valence-electron chi connectivity index (χ0n) is 11.9. The van der Waals surface area contributed by atoms with Gasteiger partial charge in [-0.25, -0.2) is 0 Å². The predicted molar refractivity (Wildman–Crippen MR) is 75.2 cm³/mol. The maximum absolute atomic E-state index is 10.4. The highest BCUT2D eigenvalue weighted by Gasteiger charge is 2.07. The van der Waals surface area contributed by atoms with Crippen molar-refractivity contribution in [3.8, 4) is 0 Å². The van der Waals surface area contributed by atoms with Gasteiger partial charge in [0.1, 0.15) is 0 Å². The number of nitrogens with one attached hydrogen (secondary N) is 1. The van der Waals surface area contributed by atoms with Crippen molar-refractivity contribution in [2.45, 2.75) is 46.3 Å². The maximum Gasteiger partial charge on any atom is 0.303 e. The standard InChI is InChI=1S/C15H23NO3/c1-10-6-12(3)13(7-11(10)2)8-16-9-14(17)4-5-15(18)19/h6-7,14,16-17H,4-5,8-9H2,1-3H3,(H,18,19). The molecule has 1 aromatic rings. The van der Waals surface area contributed by atoms with Crippen LogP contribution in [0.2, 0.25) is 0 Å². The van der Waals surface area contributed by atoms with Crippen LogP contribution >= 0.6 is 0 Å². The Morgan fingerprint density at radius 1 is 1.21 bits per heavy atom. The lowest BCUT2D eigenvalue weighted by Gasteiger charge is -2.13. The summed E-state index contributed by atoms with van der Waals surface area (Å²) in [6.07, 6.45) is -0.317. The van der Waals surface area contributed by atoms with E-state index in [9.17, 15) is 9.90 Å². The Hall–Kier alpha value is -1.39. The second kappa shape index (κ2) is 7.26. The zero-order valence-corrected chi connectivity index (χ0v) is 11.9. The molecule has 0 aliphatic rings. The first kappa shape index (κ1) is 15.7. The van der Waals surface area contributed by atoms with Gasteiger partial charge in [-0.2, -0.15) is 0 Å². The SMILES string of the molecule is Cc1cc(C)c(CNCC(O)CCC(=O)O)cc1C. The Labute approximate surface area is 114 Å². The molecule has 0 aliphatic carbocycles. The molecule has 0 fully saturated rings. The van der Waals surface area contributed by atoms with Crippen molar-refractivity contribution in [3.05, 3.63) is 34.4 Å². The van der Waals surface area contributed by atoms with Crippen LogP contribution in [-0.2, 0) is 11.3 Å². The smallest absolute Gasteiger partial charge is 0.303 e. The minimum absolute atomic E-state index is 0.00547. The molecule has 1 unspecified atom stereocenters. The minimum atomic E-state index is -0.871. The first-order valence-corrected chi connectivity index (χ1v) is 6.57. The number of carboxylic acids is 1. The first-order chi connectivity index (χ1) is 8.90. The monoisotopic (exact) mass is 265 g/mol. The van der Waals surface area contributed by atoms with Crippen LogP contribution in [0.5, 0.6) is 0 Å². The van der Waals surface area contributed by atoms with Gasteiger partial charge in [-0.05, 0) is 49.4 Å². The van der Waals surface area contributed by atoms with E-state index in [1.54, 1.807) is 0 Å². The van der Waals surface area contributed by atoms with Gasteiger partial charge >= 0.3 is 5.97 Å². The number of rotatable bonds is 7. The van der Waals surface area contributed by atoms with Crippen molar-refractivity contribution in [3.63, 3.8) is 0 Å². The molecular weight excluding hydrogens is 242 g/mol. The average Bonchev–Trinajstić information content (AvgIpc) is 2.33. The zero-order chi connectivity index (χ0) is 14.4. The molecule has 1 rings (SSSR count). The lowest BCUT2D eigenvalue weighted by Crippen LogP contribution is -2.27. The lowest BCUT2D eigenvalue weighted by molar-refractivity contribution is -0.137. The molecule has 4 heteroatoms. The topological polar surface area (TPSA) is 69.6 Å². The summed E-state index contributed by atoms with van der Waals surface area (Å²) in [6, 6.07) is 4.31. The number of aryl methyl sites for hydroxylation is 3. The van der Waals surface area contributed by atoms with Gasteiger partial charge < -0.3 is 15.5 Å². The van der Waals surface area contributed by atoms with Crippen molar-refractivity contribution < 1.29 is 15.0 Å². The van der Waals surface area contributed by atoms with E-state index in [1.165, 1.54) is 22.3 Å². The normalized spacial score (nSPS) is 12.4. The number of carbonyl (C=O) groups is 1. The Kier molecular flexibility index (Phi) is 5.99. The van der Waals surface area contributed by atoms with E-state index >= 15 is 0 Å². The molecule has 0 aliphatic heterocycles. The highest BCUT2D eigenvalue weighted by atomic mass is 16.4. The highest BCUT2D eigenvalue weighted by Crippen LogP contribution is 2.15. The lowest BCUT2D eigenvalue weighted by atomic mass is 10.0. The van der Waals surface area contributed by atoms with Crippen molar-refractivity contribution >= 4 is 5.97 Å². The molecule has 19 heavy (non-hydrogen) atoms. The fourth-order valence-corrected chi connectivity index (χ4v) is 1.98. The van der Waals surface area contributed by atoms with Crippen LogP contribution in [0.3, 0.4) is 0 Å². The molecule has 0 saturated heterocycles. The van der Waals surface area contributed by atoms with Crippen LogP contribution in [0.15, 0.2) is 12.1 Å². The molecule has 4 nitrogen and oxygen atoms in total. The molecule has 1 aromatic carbocycles. The van der Waals surface area contributed by atoms with E-state index in [1.807, 2.05) is 0 Å². The molecule has 0 saturated carbocycles. The Morgan fingerprint density at radius 3 is 2.47 bits per heavy atom. The summed E-state index contributed by atoms with van der Waals surface area (Å²) in [6.45, 7) is 7.36. The molecule has 106 valence electrons. The summed E-state index contributed by atoms with van der Waals surface area (Å²) >= 11 is 0. The quantitative estimate of drug-likeness (QED) is 0.704. The molecule has 0 aromatic heterocycles. The number of benzene rings is 1. The van der Waals surface area contributed by atoms with Gasteiger partial charge in [0.2, 0.25) is 0 Å². The molecule has 0 radical (unpaired) electrons. The van der Waals surface area contributed by atoms with Crippen molar-refractivity contribution in [2.24, 2.45) is 0 Å². The van der Waals surface area contributed by atoms with Crippen LogP contribution in [0.1, 0.15) is 35.1 Å². The number of aliphatic hydroxyl groups is 1. The van der Waals surface area contributed by atoms with Crippen LogP contribution in [0, 0.1) is 20.8 Å². The number of hydrogen-bond donors (Lipinski definition) is 3. The highest BCUT2D eigenvalue weighted by molar-refractivity contribution is 5.66. The van der Waals surface area contributed by atoms with E-state index < -0.39 is 12.1 Å². The Balaban J connectivity index is 2.41. The third-order valence-corrected chi connectivity index (χ3v) is 3.34. The first-order valence-electron chi connectivity index (χ1n) is 6.57. The van der Waals surface area contributed by atoms with Gasteiger partial charge in [0.05, 0.1) is 6.10 Å². The van der Waals surface area contributed by atoms with Crippen LogP contribution in [-0.4, -0.2) is 28.8 Å². The Morgan fingerprint density at radius 2 is 1.84 bits per heavy atom. The summed E-state index contributed by atoms with van der Waals surface area (Å²) in [7, 11) is 0.